The highest BCUT2D eigenvalue weighted by Crippen LogP contribution is 2.56. The van der Waals surface area contributed by atoms with Crippen LogP contribution in [0.2, 0.25) is 0 Å². The van der Waals surface area contributed by atoms with Crippen LogP contribution in [0.1, 0.15) is 43.0 Å². The van der Waals surface area contributed by atoms with Gasteiger partial charge in [-0.1, -0.05) is 72.8 Å². The minimum absolute atomic E-state index is 0.188. The molecule has 0 fully saturated rings. The minimum Gasteiger partial charge on any atom is -0.478 e. The topological polar surface area (TPSA) is 74.6 Å². The van der Waals surface area contributed by atoms with Crippen molar-refractivity contribution in [2.45, 2.75) is 5.41 Å². The molecule has 0 saturated heterocycles. The van der Waals surface area contributed by atoms with Gasteiger partial charge < -0.3 is 10.2 Å². The Bertz CT molecular complexity index is 1250. The summed E-state index contributed by atoms with van der Waals surface area (Å²) in [5.74, 6) is -2.01. The first kappa shape index (κ1) is 18.8. The first-order valence-electron chi connectivity index (χ1n) is 9.90. The van der Waals surface area contributed by atoms with E-state index >= 15 is 0 Å². The fourth-order valence-corrected chi connectivity index (χ4v) is 4.79. The second-order valence-corrected chi connectivity index (χ2v) is 7.61. The molecule has 0 heterocycles. The van der Waals surface area contributed by atoms with Crippen molar-refractivity contribution in [1.82, 2.24) is 0 Å². The number of aromatic carboxylic acids is 2. The number of carboxylic acid groups (broad SMARTS) is 2. The third-order valence-corrected chi connectivity index (χ3v) is 6.04. The van der Waals surface area contributed by atoms with E-state index in [4.69, 9.17) is 0 Å². The van der Waals surface area contributed by atoms with Crippen LogP contribution in [0, 0.1) is 0 Å². The first-order valence-corrected chi connectivity index (χ1v) is 9.90. The number of carbonyl (C=O) groups is 2. The molecule has 1 aliphatic carbocycles. The van der Waals surface area contributed by atoms with Crippen LogP contribution >= 0.6 is 0 Å². The standard InChI is InChI=1S/C27H18O4/c28-25(29)17-7-5-9-19(15-17)27(20-10-6-8-18(16-20)26(30)31)23-13-3-1-11-21(23)22-12-2-4-14-24(22)27/h1-16H,(H,28,29)(H,30,31). The Kier molecular flexibility index (Phi) is 4.22. The molecule has 0 aromatic heterocycles. The van der Waals surface area contributed by atoms with E-state index in [0.29, 0.717) is 0 Å². The van der Waals surface area contributed by atoms with Crippen LogP contribution in [0.4, 0.5) is 0 Å². The summed E-state index contributed by atoms with van der Waals surface area (Å²) in [6.07, 6.45) is 0. The predicted molar refractivity (Wildman–Crippen MR) is 118 cm³/mol. The summed E-state index contributed by atoms with van der Waals surface area (Å²) in [6.45, 7) is 0. The molecule has 31 heavy (non-hydrogen) atoms. The molecular formula is C27H18O4. The molecule has 0 bridgehead atoms. The van der Waals surface area contributed by atoms with Crippen LogP contribution < -0.4 is 0 Å². The highest BCUT2D eigenvalue weighted by atomic mass is 16.4. The van der Waals surface area contributed by atoms with Gasteiger partial charge in [-0.15, -0.1) is 0 Å². The van der Waals surface area contributed by atoms with Crippen LogP contribution in [0.5, 0.6) is 0 Å². The van der Waals surface area contributed by atoms with Crippen molar-refractivity contribution in [3.63, 3.8) is 0 Å². The van der Waals surface area contributed by atoms with Crippen LogP contribution in [0.3, 0.4) is 0 Å². The summed E-state index contributed by atoms with van der Waals surface area (Å²) in [5.41, 5.74) is 5.23. The highest BCUT2D eigenvalue weighted by molar-refractivity contribution is 5.91. The van der Waals surface area contributed by atoms with Gasteiger partial charge in [0.1, 0.15) is 0 Å². The molecule has 150 valence electrons. The molecule has 0 saturated carbocycles. The SMILES string of the molecule is O=C(O)c1cccc(C2(c3cccc(C(=O)O)c3)c3ccccc3-c3ccccc32)c1. The molecule has 0 spiro atoms. The summed E-state index contributed by atoms with van der Waals surface area (Å²) >= 11 is 0. The summed E-state index contributed by atoms with van der Waals surface area (Å²) < 4.78 is 0. The Labute approximate surface area is 179 Å². The number of hydrogen-bond acceptors (Lipinski definition) is 2. The van der Waals surface area contributed by atoms with Gasteiger partial charge >= 0.3 is 11.9 Å². The second kappa shape index (κ2) is 6.96. The van der Waals surface area contributed by atoms with E-state index in [2.05, 4.69) is 12.1 Å². The first-order chi connectivity index (χ1) is 15.0. The van der Waals surface area contributed by atoms with Gasteiger partial charge in [0.2, 0.25) is 0 Å². The van der Waals surface area contributed by atoms with Crippen molar-refractivity contribution >= 4 is 11.9 Å². The van der Waals surface area contributed by atoms with Crippen LogP contribution in [-0.4, -0.2) is 22.2 Å². The average Bonchev–Trinajstić information content (AvgIpc) is 3.11. The smallest absolute Gasteiger partial charge is 0.335 e. The second-order valence-electron chi connectivity index (χ2n) is 7.61. The Hall–Kier alpha value is -4.18. The van der Waals surface area contributed by atoms with Crippen molar-refractivity contribution in [3.8, 4) is 11.1 Å². The normalized spacial score (nSPS) is 13.3. The Morgan fingerprint density at radius 1 is 0.548 bits per heavy atom. The van der Waals surface area contributed by atoms with Crippen LogP contribution in [-0.2, 0) is 5.41 Å². The molecule has 1 aliphatic rings. The maximum absolute atomic E-state index is 11.8. The Balaban J connectivity index is 1.95. The molecule has 4 aromatic rings. The fraction of sp³-hybridized carbons (Fsp3) is 0.0370. The van der Waals surface area contributed by atoms with Crippen molar-refractivity contribution in [2.75, 3.05) is 0 Å². The lowest BCUT2D eigenvalue weighted by Gasteiger charge is -2.34. The molecular weight excluding hydrogens is 388 g/mol. The van der Waals surface area contributed by atoms with E-state index in [1.807, 2.05) is 48.5 Å². The lowest BCUT2D eigenvalue weighted by Crippen LogP contribution is -2.29. The van der Waals surface area contributed by atoms with Gasteiger partial charge in [-0.3, -0.25) is 0 Å². The van der Waals surface area contributed by atoms with Crippen molar-refractivity contribution in [3.05, 3.63) is 130 Å². The van der Waals surface area contributed by atoms with E-state index in [9.17, 15) is 19.8 Å². The van der Waals surface area contributed by atoms with E-state index in [1.165, 1.54) is 0 Å². The van der Waals surface area contributed by atoms with Gasteiger partial charge in [0.05, 0.1) is 16.5 Å². The summed E-state index contributed by atoms with van der Waals surface area (Å²) in [4.78, 5) is 23.5. The molecule has 0 radical (unpaired) electrons. The van der Waals surface area contributed by atoms with Gasteiger partial charge in [0.15, 0.2) is 0 Å². The maximum Gasteiger partial charge on any atom is 0.335 e. The van der Waals surface area contributed by atoms with E-state index in [0.717, 1.165) is 33.4 Å². The molecule has 2 N–H and O–H groups in total. The van der Waals surface area contributed by atoms with Gasteiger partial charge in [-0.05, 0) is 57.6 Å². The van der Waals surface area contributed by atoms with E-state index < -0.39 is 17.4 Å². The summed E-state index contributed by atoms with van der Waals surface area (Å²) in [5, 5.41) is 19.3. The third kappa shape index (κ3) is 2.69. The fourth-order valence-electron chi connectivity index (χ4n) is 4.79. The predicted octanol–water partition coefficient (Wildman–Crippen LogP) is 5.45. The molecule has 4 heteroatoms. The quantitative estimate of drug-likeness (QED) is 0.416. The van der Waals surface area contributed by atoms with Crippen LogP contribution in [0.15, 0.2) is 97.1 Å². The average molecular weight is 406 g/mol. The molecule has 0 unspecified atom stereocenters. The van der Waals surface area contributed by atoms with Gasteiger partial charge in [-0.25, -0.2) is 9.59 Å². The zero-order valence-corrected chi connectivity index (χ0v) is 16.4. The molecule has 4 aromatic carbocycles. The Morgan fingerprint density at radius 3 is 1.39 bits per heavy atom. The molecule has 4 nitrogen and oxygen atoms in total. The highest BCUT2D eigenvalue weighted by Gasteiger charge is 2.46. The molecule has 0 amide bonds. The monoisotopic (exact) mass is 406 g/mol. The zero-order chi connectivity index (χ0) is 21.6. The van der Waals surface area contributed by atoms with Crippen molar-refractivity contribution in [2.24, 2.45) is 0 Å². The number of rotatable bonds is 4. The lowest BCUT2D eigenvalue weighted by molar-refractivity contribution is 0.0686. The number of fused-ring (bicyclic) bond motifs is 3. The Morgan fingerprint density at radius 2 is 0.968 bits per heavy atom. The van der Waals surface area contributed by atoms with E-state index in [-0.39, 0.29) is 11.1 Å². The molecule has 5 rings (SSSR count). The summed E-state index contributed by atoms with van der Waals surface area (Å²) in [6, 6.07) is 29.9. The zero-order valence-electron chi connectivity index (χ0n) is 16.4. The van der Waals surface area contributed by atoms with Crippen molar-refractivity contribution < 1.29 is 19.8 Å². The maximum atomic E-state index is 11.8. The number of hydrogen-bond donors (Lipinski definition) is 2. The molecule has 0 aliphatic heterocycles. The van der Waals surface area contributed by atoms with Crippen molar-refractivity contribution in [1.29, 1.82) is 0 Å². The van der Waals surface area contributed by atoms with Gasteiger partial charge in [0.25, 0.3) is 0 Å². The van der Waals surface area contributed by atoms with Gasteiger partial charge in [-0.2, -0.15) is 0 Å². The summed E-state index contributed by atoms with van der Waals surface area (Å²) in [7, 11) is 0. The lowest BCUT2D eigenvalue weighted by atomic mass is 9.67. The minimum atomic E-state index is -1.00. The number of carboxylic acids is 2. The van der Waals surface area contributed by atoms with Gasteiger partial charge in [0, 0.05) is 0 Å². The number of benzene rings is 4. The van der Waals surface area contributed by atoms with Crippen LogP contribution in [0.25, 0.3) is 11.1 Å². The largest absolute Gasteiger partial charge is 0.478 e. The third-order valence-electron chi connectivity index (χ3n) is 6.04. The van der Waals surface area contributed by atoms with E-state index in [1.54, 1.807) is 36.4 Å². The molecule has 0 atom stereocenters.